The van der Waals surface area contributed by atoms with E-state index in [-0.39, 0.29) is 11.9 Å². The van der Waals surface area contributed by atoms with Crippen molar-refractivity contribution in [2.45, 2.75) is 50.2 Å². The van der Waals surface area contributed by atoms with Gasteiger partial charge in [-0.2, -0.15) is 0 Å². The van der Waals surface area contributed by atoms with Crippen LogP contribution >= 0.6 is 11.6 Å². The first-order valence-corrected chi connectivity index (χ1v) is 9.98. The molecule has 5 heteroatoms. The second-order valence-corrected chi connectivity index (χ2v) is 8.11. The van der Waals surface area contributed by atoms with Gasteiger partial charge in [-0.05, 0) is 61.4 Å². The lowest BCUT2D eigenvalue weighted by Crippen LogP contribution is -2.42. The molecular formula is C23H23ClO4. The fourth-order valence-corrected chi connectivity index (χ4v) is 4.71. The van der Waals surface area contributed by atoms with Crippen LogP contribution in [0.15, 0.2) is 42.5 Å². The topological polar surface area (TPSA) is 52.6 Å². The monoisotopic (exact) mass is 398 g/mol. The molecule has 2 aromatic rings. The van der Waals surface area contributed by atoms with Crippen molar-refractivity contribution in [1.29, 1.82) is 0 Å². The van der Waals surface area contributed by atoms with Crippen LogP contribution in [-0.2, 0) is 19.1 Å². The molecular weight excluding hydrogens is 376 g/mol. The SMILES string of the molecule is COC1CCC2(CC1)OC(=O)C(c1cc(Cl)c(-c3ccccc3)cc1C)C2=O. The zero-order valence-electron chi connectivity index (χ0n) is 16.0. The first kappa shape index (κ1) is 19.2. The van der Waals surface area contributed by atoms with Crippen molar-refractivity contribution in [3.05, 3.63) is 58.6 Å². The highest BCUT2D eigenvalue weighted by molar-refractivity contribution is 6.33. The molecule has 1 saturated carbocycles. The summed E-state index contributed by atoms with van der Waals surface area (Å²) >= 11 is 6.54. The van der Waals surface area contributed by atoms with Gasteiger partial charge in [-0.3, -0.25) is 9.59 Å². The van der Waals surface area contributed by atoms with Crippen LogP contribution < -0.4 is 0 Å². The molecule has 1 saturated heterocycles. The van der Waals surface area contributed by atoms with Crippen molar-refractivity contribution in [2.24, 2.45) is 0 Å². The number of methoxy groups -OCH3 is 1. The number of ketones is 1. The van der Waals surface area contributed by atoms with Crippen LogP contribution in [0, 0.1) is 6.92 Å². The predicted molar refractivity (Wildman–Crippen MR) is 107 cm³/mol. The fraction of sp³-hybridized carbons (Fsp3) is 0.391. The van der Waals surface area contributed by atoms with Crippen LogP contribution in [-0.4, -0.2) is 30.6 Å². The number of aryl methyl sites for hydroxylation is 1. The summed E-state index contributed by atoms with van der Waals surface area (Å²) in [5.41, 5.74) is 2.38. The minimum Gasteiger partial charge on any atom is -0.450 e. The maximum atomic E-state index is 13.3. The Bertz CT molecular complexity index is 914. The lowest BCUT2D eigenvalue weighted by atomic mass is 9.76. The van der Waals surface area contributed by atoms with E-state index in [9.17, 15) is 9.59 Å². The predicted octanol–water partition coefficient (Wildman–Crippen LogP) is 4.85. The minimum atomic E-state index is -1.01. The zero-order valence-corrected chi connectivity index (χ0v) is 16.8. The van der Waals surface area contributed by atoms with Gasteiger partial charge in [0.25, 0.3) is 0 Å². The Morgan fingerprint density at radius 2 is 1.79 bits per heavy atom. The van der Waals surface area contributed by atoms with Gasteiger partial charge in [0.1, 0.15) is 5.92 Å². The molecule has 4 rings (SSSR count). The van der Waals surface area contributed by atoms with Crippen LogP contribution in [0.4, 0.5) is 0 Å². The van der Waals surface area contributed by atoms with E-state index in [2.05, 4.69) is 0 Å². The molecule has 2 fully saturated rings. The third kappa shape index (κ3) is 3.15. The Labute approximate surface area is 169 Å². The molecule has 0 radical (unpaired) electrons. The smallest absolute Gasteiger partial charge is 0.322 e. The van der Waals surface area contributed by atoms with E-state index < -0.39 is 17.5 Å². The molecule has 0 aromatic heterocycles. The molecule has 4 nitrogen and oxygen atoms in total. The summed E-state index contributed by atoms with van der Waals surface area (Å²) < 4.78 is 11.1. The fourth-order valence-electron chi connectivity index (χ4n) is 4.43. The summed E-state index contributed by atoms with van der Waals surface area (Å²) in [5.74, 6) is -1.51. The molecule has 0 N–H and O–H groups in total. The number of Topliss-reactive ketones (excluding diaryl/α,β-unsaturated/α-hetero) is 1. The Morgan fingerprint density at radius 1 is 1.11 bits per heavy atom. The standard InChI is InChI=1S/C23H23ClO4/c1-14-12-18(15-6-4-3-5-7-15)19(24)13-17(14)20-21(25)23(28-22(20)26)10-8-16(27-2)9-11-23/h3-7,12-13,16,20H,8-11H2,1-2H3. The lowest BCUT2D eigenvalue weighted by Gasteiger charge is -2.33. The van der Waals surface area contributed by atoms with Gasteiger partial charge in [0.15, 0.2) is 11.4 Å². The number of hydrogen-bond acceptors (Lipinski definition) is 4. The van der Waals surface area contributed by atoms with Crippen LogP contribution in [0.1, 0.15) is 42.7 Å². The zero-order chi connectivity index (χ0) is 19.9. The number of benzene rings is 2. The van der Waals surface area contributed by atoms with Gasteiger partial charge in [0.2, 0.25) is 0 Å². The second-order valence-electron chi connectivity index (χ2n) is 7.70. The van der Waals surface area contributed by atoms with Crippen LogP contribution in [0.25, 0.3) is 11.1 Å². The maximum Gasteiger partial charge on any atom is 0.322 e. The van der Waals surface area contributed by atoms with Crippen LogP contribution in [0.3, 0.4) is 0 Å². The molecule has 1 spiro atoms. The van der Waals surface area contributed by atoms with E-state index in [0.29, 0.717) is 23.4 Å². The first-order valence-electron chi connectivity index (χ1n) is 9.60. The highest BCUT2D eigenvalue weighted by Gasteiger charge is 2.56. The Balaban J connectivity index is 1.67. The number of halogens is 1. The minimum absolute atomic E-state index is 0.123. The van der Waals surface area contributed by atoms with Gasteiger partial charge in [-0.1, -0.05) is 41.9 Å². The Hall–Kier alpha value is -2.17. The molecule has 2 aliphatic rings. The second kappa shape index (κ2) is 7.34. The molecule has 2 aromatic carbocycles. The third-order valence-electron chi connectivity index (χ3n) is 6.07. The lowest BCUT2D eigenvalue weighted by molar-refractivity contribution is -0.157. The highest BCUT2D eigenvalue weighted by atomic mass is 35.5. The maximum absolute atomic E-state index is 13.3. The van der Waals surface area contributed by atoms with Gasteiger partial charge >= 0.3 is 5.97 Å². The van der Waals surface area contributed by atoms with Gasteiger partial charge < -0.3 is 9.47 Å². The van der Waals surface area contributed by atoms with Gasteiger partial charge in [-0.15, -0.1) is 0 Å². The molecule has 146 valence electrons. The Morgan fingerprint density at radius 3 is 2.43 bits per heavy atom. The number of ether oxygens (including phenoxy) is 2. The van der Waals surface area contributed by atoms with E-state index in [0.717, 1.165) is 29.5 Å². The van der Waals surface area contributed by atoms with E-state index in [1.54, 1.807) is 13.2 Å². The van der Waals surface area contributed by atoms with Crippen molar-refractivity contribution in [3.63, 3.8) is 0 Å². The number of esters is 1. The molecule has 28 heavy (non-hydrogen) atoms. The number of rotatable bonds is 3. The van der Waals surface area contributed by atoms with E-state index in [1.165, 1.54) is 0 Å². The first-order chi connectivity index (χ1) is 13.4. The number of carbonyl (C=O) groups excluding carboxylic acids is 2. The molecule has 1 heterocycles. The van der Waals surface area contributed by atoms with Crippen molar-refractivity contribution in [3.8, 4) is 11.1 Å². The molecule has 0 amide bonds. The molecule has 1 aliphatic heterocycles. The summed E-state index contributed by atoms with van der Waals surface area (Å²) in [6.07, 6.45) is 2.59. The van der Waals surface area contributed by atoms with Crippen LogP contribution in [0.2, 0.25) is 5.02 Å². The summed E-state index contributed by atoms with van der Waals surface area (Å²) in [7, 11) is 1.67. The van der Waals surface area contributed by atoms with Crippen molar-refractivity contribution in [1.82, 2.24) is 0 Å². The van der Waals surface area contributed by atoms with Crippen LogP contribution in [0.5, 0.6) is 0 Å². The summed E-state index contributed by atoms with van der Waals surface area (Å²) in [4.78, 5) is 26.0. The summed E-state index contributed by atoms with van der Waals surface area (Å²) in [6, 6.07) is 13.5. The average Bonchev–Trinajstić information content (AvgIpc) is 2.94. The quantitative estimate of drug-likeness (QED) is 0.547. The van der Waals surface area contributed by atoms with Crippen molar-refractivity contribution in [2.75, 3.05) is 7.11 Å². The molecule has 1 aliphatic carbocycles. The number of hydrogen-bond donors (Lipinski definition) is 0. The molecule has 1 unspecified atom stereocenters. The van der Waals surface area contributed by atoms with Crippen molar-refractivity contribution < 1.29 is 19.1 Å². The average molecular weight is 399 g/mol. The Kier molecular flexibility index (Phi) is 5.02. The molecule has 1 atom stereocenters. The third-order valence-corrected chi connectivity index (χ3v) is 6.38. The largest absolute Gasteiger partial charge is 0.450 e. The highest BCUT2D eigenvalue weighted by Crippen LogP contribution is 2.45. The van der Waals surface area contributed by atoms with E-state index in [1.807, 2.05) is 43.3 Å². The van der Waals surface area contributed by atoms with Gasteiger partial charge in [-0.25, -0.2) is 0 Å². The number of carbonyl (C=O) groups is 2. The van der Waals surface area contributed by atoms with E-state index in [4.69, 9.17) is 21.1 Å². The summed E-state index contributed by atoms with van der Waals surface area (Å²) in [6.45, 7) is 1.91. The van der Waals surface area contributed by atoms with Crippen molar-refractivity contribution >= 4 is 23.4 Å². The van der Waals surface area contributed by atoms with Gasteiger partial charge in [0.05, 0.1) is 6.10 Å². The van der Waals surface area contributed by atoms with E-state index >= 15 is 0 Å². The summed E-state index contributed by atoms with van der Waals surface area (Å²) in [5, 5.41) is 0.524. The van der Waals surface area contributed by atoms with Gasteiger partial charge in [0, 0.05) is 17.7 Å². The molecule has 0 bridgehead atoms. The normalized spacial score (nSPS) is 27.2.